The number of carbonyl (C=O) groups excluding carboxylic acids is 3. The summed E-state index contributed by atoms with van der Waals surface area (Å²) in [6, 6.07) is 13.8. The van der Waals surface area contributed by atoms with Crippen molar-refractivity contribution in [2.45, 2.75) is 26.4 Å². The van der Waals surface area contributed by atoms with Crippen LogP contribution in [0, 0.1) is 0 Å². The Labute approximate surface area is 192 Å². The molecule has 0 N–H and O–H groups in total. The number of para-hydroxylation sites is 1. The molecule has 2 heterocycles. The molecule has 0 spiro atoms. The van der Waals surface area contributed by atoms with Gasteiger partial charge in [-0.25, -0.2) is 9.69 Å². The molecule has 0 fully saturated rings. The Morgan fingerprint density at radius 3 is 2.35 bits per heavy atom. The topological polar surface area (TPSA) is 68.6 Å². The summed E-state index contributed by atoms with van der Waals surface area (Å²) in [6.45, 7) is 5.30. The normalized spacial score (nSPS) is 14.7. The Morgan fingerprint density at radius 1 is 1.03 bits per heavy atom. The average molecular weight is 502 g/mol. The van der Waals surface area contributed by atoms with Crippen LogP contribution in [-0.2, 0) is 14.3 Å². The lowest BCUT2D eigenvalue weighted by molar-refractivity contribution is -0.119. The van der Waals surface area contributed by atoms with Crippen molar-refractivity contribution < 1.29 is 19.1 Å². The monoisotopic (exact) mass is 500 g/mol. The van der Waals surface area contributed by atoms with Gasteiger partial charge < -0.3 is 4.74 Å². The first-order chi connectivity index (χ1) is 14.6. The summed E-state index contributed by atoms with van der Waals surface area (Å²) in [4.78, 5) is 40.0. The quantitative estimate of drug-likeness (QED) is 0.422. The van der Waals surface area contributed by atoms with Gasteiger partial charge in [-0.1, -0.05) is 45.7 Å². The minimum atomic E-state index is -0.705. The SMILES string of the molecule is CC(C)(C)OC(=O)n1cc(C2=C(Cl)C(=O)N(c3ccccc3)C2=O)c2cc(Br)ccc21. The lowest BCUT2D eigenvalue weighted by Gasteiger charge is -2.19. The molecule has 158 valence electrons. The summed E-state index contributed by atoms with van der Waals surface area (Å²) in [7, 11) is 0. The van der Waals surface area contributed by atoms with Crippen LogP contribution in [0.1, 0.15) is 26.3 Å². The highest BCUT2D eigenvalue weighted by atomic mass is 79.9. The molecule has 1 aromatic heterocycles. The molecule has 0 radical (unpaired) electrons. The summed E-state index contributed by atoms with van der Waals surface area (Å²) in [5.41, 5.74) is 0.666. The van der Waals surface area contributed by atoms with E-state index in [9.17, 15) is 14.4 Å². The van der Waals surface area contributed by atoms with Gasteiger partial charge in [-0.15, -0.1) is 0 Å². The maximum Gasteiger partial charge on any atom is 0.419 e. The molecule has 0 aliphatic carbocycles. The Morgan fingerprint density at radius 2 is 1.71 bits per heavy atom. The zero-order chi connectivity index (χ0) is 22.5. The van der Waals surface area contributed by atoms with Crippen molar-refractivity contribution in [2.24, 2.45) is 0 Å². The summed E-state index contributed by atoms with van der Waals surface area (Å²) in [5.74, 6) is -1.16. The minimum Gasteiger partial charge on any atom is -0.443 e. The number of aromatic nitrogens is 1. The number of imide groups is 1. The second-order valence-corrected chi connectivity index (χ2v) is 9.32. The molecule has 0 saturated heterocycles. The molecule has 2 amide bonds. The van der Waals surface area contributed by atoms with Crippen LogP contribution in [0.15, 0.2) is 64.2 Å². The number of hydrogen-bond donors (Lipinski definition) is 0. The standard InChI is InChI=1S/C23H18BrClN2O4/c1-23(2,3)31-22(30)26-12-16(15-11-13(24)9-10-17(15)26)18-19(25)21(29)27(20(18)28)14-7-5-4-6-8-14/h4-12H,1-3H3. The van der Waals surface area contributed by atoms with Crippen LogP contribution in [0.2, 0.25) is 0 Å². The van der Waals surface area contributed by atoms with E-state index >= 15 is 0 Å². The van der Waals surface area contributed by atoms with Crippen LogP contribution < -0.4 is 4.90 Å². The largest absolute Gasteiger partial charge is 0.443 e. The highest BCUT2D eigenvalue weighted by molar-refractivity contribution is 9.10. The van der Waals surface area contributed by atoms with E-state index in [-0.39, 0.29) is 10.6 Å². The molecule has 4 rings (SSSR count). The van der Waals surface area contributed by atoms with E-state index in [0.717, 1.165) is 9.37 Å². The number of benzene rings is 2. The molecule has 0 unspecified atom stereocenters. The van der Waals surface area contributed by atoms with Crippen LogP contribution >= 0.6 is 27.5 Å². The number of amides is 2. The molecule has 6 nitrogen and oxygen atoms in total. The van der Waals surface area contributed by atoms with E-state index in [4.69, 9.17) is 16.3 Å². The number of halogens is 2. The number of nitrogens with zero attached hydrogens (tertiary/aromatic N) is 2. The fourth-order valence-corrected chi connectivity index (χ4v) is 4.04. The fraction of sp³-hybridized carbons (Fsp3) is 0.174. The molecule has 2 aromatic carbocycles. The van der Waals surface area contributed by atoms with E-state index in [0.29, 0.717) is 22.2 Å². The Balaban J connectivity index is 1.88. The number of carbonyl (C=O) groups is 3. The van der Waals surface area contributed by atoms with Gasteiger partial charge in [0.15, 0.2) is 0 Å². The summed E-state index contributed by atoms with van der Waals surface area (Å²) in [6.07, 6.45) is 0.891. The lowest BCUT2D eigenvalue weighted by atomic mass is 10.1. The van der Waals surface area contributed by atoms with Crippen LogP contribution in [0.3, 0.4) is 0 Å². The predicted octanol–water partition coefficient (Wildman–Crippen LogP) is 5.71. The fourth-order valence-electron chi connectivity index (χ4n) is 3.41. The molecule has 31 heavy (non-hydrogen) atoms. The van der Waals surface area contributed by atoms with Crippen LogP contribution in [0.5, 0.6) is 0 Å². The van der Waals surface area contributed by atoms with Gasteiger partial charge >= 0.3 is 6.09 Å². The number of anilines is 1. The zero-order valence-electron chi connectivity index (χ0n) is 17.0. The van der Waals surface area contributed by atoms with Gasteiger partial charge in [-0.05, 0) is 51.1 Å². The van der Waals surface area contributed by atoms with Gasteiger partial charge in [0.1, 0.15) is 10.6 Å². The first-order valence-electron chi connectivity index (χ1n) is 9.46. The molecule has 0 bridgehead atoms. The Bertz CT molecular complexity index is 1270. The van der Waals surface area contributed by atoms with Gasteiger partial charge in [0.2, 0.25) is 0 Å². The third kappa shape index (κ3) is 3.79. The zero-order valence-corrected chi connectivity index (χ0v) is 19.3. The maximum absolute atomic E-state index is 13.3. The molecule has 1 aliphatic heterocycles. The van der Waals surface area contributed by atoms with Crippen LogP contribution in [-0.4, -0.2) is 28.1 Å². The smallest absolute Gasteiger partial charge is 0.419 e. The van der Waals surface area contributed by atoms with Crippen molar-refractivity contribution in [3.05, 3.63) is 69.8 Å². The van der Waals surface area contributed by atoms with E-state index in [1.54, 1.807) is 69.3 Å². The van der Waals surface area contributed by atoms with Gasteiger partial charge in [0.05, 0.1) is 16.8 Å². The summed E-state index contributed by atoms with van der Waals surface area (Å²) in [5, 5.41) is 0.390. The third-order valence-electron chi connectivity index (χ3n) is 4.67. The molecule has 1 aliphatic rings. The Hall–Kier alpha value is -2.90. The molecular formula is C23H18BrClN2O4. The number of fused-ring (bicyclic) bond motifs is 1. The lowest BCUT2D eigenvalue weighted by Crippen LogP contribution is -2.31. The average Bonchev–Trinajstić information content (AvgIpc) is 3.16. The second kappa shape index (κ2) is 7.66. The Kier molecular flexibility index (Phi) is 5.27. The number of ether oxygens (including phenoxy) is 1. The first kappa shape index (κ1) is 21.3. The van der Waals surface area contributed by atoms with Crippen LogP contribution in [0.4, 0.5) is 10.5 Å². The second-order valence-electron chi connectivity index (χ2n) is 8.02. The van der Waals surface area contributed by atoms with Crippen molar-refractivity contribution in [1.29, 1.82) is 0 Å². The summed E-state index contributed by atoms with van der Waals surface area (Å²) < 4.78 is 7.57. The van der Waals surface area contributed by atoms with E-state index < -0.39 is 23.5 Å². The third-order valence-corrected chi connectivity index (χ3v) is 5.51. The highest BCUT2D eigenvalue weighted by Gasteiger charge is 2.40. The first-order valence-corrected chi connectivity index (χ1v) is 10.6. The van der Waals surface area contributed by atoms with Crippen molar-refractivity contribution >= 4 is 67.6 Å². The van der Waals surface area contributed by atoms with Crippen molar-refractivity contribution in [3.8, 4) is 0 Å². The molecule has 0 atom stereocenters. The van der Waals surface area contributed by atoms with Gasteiger partial charge in [-0.3, -0.25) is 14.2 Å². The van der Waals surface area contributed by atoms with Gasteiger partial charge in [0, 0.05) is 21.6 Å². The number of rotatable bonds is 2. The van der Waals surface area contributed by atoms with Gasteiger partial charge in [0.25, 0.3) is 11.8 Å². The van der Waals surface area contributed by atoms with Crippen molar-refractivity contribution in [2.75, 3.05) is 4.90 Å². The molecule has 8 heteroatoms. The van der Waals surface area contributed by atoms with E-state index in [1.807, 2.05) is 0 Å². The van der Waals surface area contributed by atoms with Gasteiger partial charge in [-0.2, -0.15) is 0 Å². The van der Waals surface area contributed by atoms with E-state index in [1.165, 1.54) is 10.8 Å². The number of hydrogen-bond acceptors (Lipinski definition) is 4. The summed E-state index contributed by atoms with van der Waals surface area (Å²) >= 11 is 9.79. The predicted molar refractivity (Wildman–Crippen MR) is 123 cm³/mol. The van der Waals surface area contributed by atoms with Crippen LogP contribution in [0.25, 0.3) is 16.5 Å². The minimum absolute atomic E-state index is 0.0425. The molecule has 0 saturated carbocycles. The molecular weight excluding hydrogens is 484 g/mol. The molecule has 3 aromatic rings. The highest BCUT2D eigenvalue weighted by Crippen LogP contribution is 2.39. The van der Waals surface area contributed by atoms with E-state index in [2.05, 4.69) is 15.9 Å². The maximum atomic E-state index is 13.3. The van der Waals surface area contributed by atoms with Crippen molar-refractivity contribution in [1.82, 2.24) is 4.57 Å². The van der Waals surface area contributed by atoms with Crippen molar-refractivity contribution in [3.63, 3.8) is 0 Å².